The minimum absolute atomic E-state index is 0.0959. The lowest BCUT2D eigenvalue weighted by Gasteiger charge is -2.25. The Morgan fingerprint density at radius 3 is 2.55 bits per heavy atom. The van der Waals surface area contributed by atoms with Crippen molar-refractivity contribution in [3.8, 4) is 0 Å². The Balaban J connectivity index is 0.000000383. The van der Waals surface area contributed by atoms with Gasteiger partial charge >= 0.3 is 12.1 Å². The minimum atomic E-state index is -5.08. The van der Waals surface area contributed by atoms with Gasteiger partial charge in [0.05, 0.1) is 17.3 Å². The number of H-pyrrole nitrogens is 1. The molecule has 0 spiro atoms. The van der Waals surface area contributed by atoms with E-state index in [2.05, 4.69) is 52.5 Å². The van der Waals surface area contributed by atoms with Crippen LogP contribution in [0.5, 0.6) is 0 Å². The van der Waals surface area contributed by atoms with Crippen LogP contribution in [-0.2, 0) is 11.3 Å². The van der Waals surface area contributed by atoms with Crippen LogP contribution in [0.4, 0.5) is 13.2 Å². The summed E-state index contributed by atoms with van der Waals surface area (Å²) in [6.07, 6.45) is -2.30. The number of fused-ring (bicyclic) bond motifs is 1. The largest absolute Gasteiger partial charge is 0.490 e. The van der Waals surface area contributed by atoms with Gasteiger partial charge in [-0.05, 0) is 43.7 Å². The van der Waals surface area contributed by atoms with Gasteiger partial charge in [0.1, 0.15) is 0 Å². The maximum atomic E-state index is 13.1. The standard InChI is InChI=1S/C21H24N4O.C2HF3O2/c1-15-10-17-12-22-23-20(17)19(11-15)21(26)25-9-8-18(14-25)24(2)13-16-6-4-3-5-7-16;3-2(4,5)1(6)7/h3-7,10-12,18H,8-9,13-14H2,1-2H3,(H,22,23);(H,6,7). The number of halogens is 3. The number of amides is 1. The summed E-state index contributed by atoms with van der Waals surface area (Å²) in [7, 11) is 2.14. The molecule has 1 atom stereocenters. The Morgan fingerprint density at radius 1 is 1.24 bits per heavy atom. The van der Waals surface area contributed by atoms with E-state index in [4.69, 9.17) is 9.90 Å². The van der Waals surface area contributed by atoms with Crippen LogP contribution in [0.3, 0.4) is 0 Å². The van der Waals surface area contributed by atoms with Gasteiger partial charge in [-0.1, -0.05) is 30.3 Å². The number of alkyl halides is 3. The number of hydrogen-bond donors (Lipinski definition) is 2. The summed E-state index contributed by atoms with van der Waals surface area (Å²) < 4.78 is 31.7. The number of aliphatic carboxylic acids is 1. The summed E-state index contributed by atoms with van der Waals surface area (Å²) in [4.78, 5) is 26.3. The van der Waals surface area contributed by atoms with Crippen molar-refractivity contribution in [2.24, 2.45) is 0 Å². The van der Waals surface area contributed by atoms with Gasteiger partial charge in [0.2, 0.25) is 0 Å². The van der Waals surface area contributed by atoms with Gasteiger partial charge in [-0.15, -0.1) is 0 Å². The van der Waals surface area contributed by atoms with E-state index in [1.165, 1.54) is 5.56 Å². The lowest BCUT2D eigenvalue weighted by atomic mass is 10.1. The number of nitrogens with one attached hydrogen (secondary N) is 1. The maximum Gasteiger partial charge on any atom is 0.490 e. The van der Waals surface area contributed by atoms with Crippen LogP contribution in [0.25, 0.3) is 10.9 Å². The highest BCUT2D eigenvalue weighted by Gasteiger charge is 2.38. The second kappa shape index (κ2) is 10.0. The monoisotopic (exact) mass is 462 g/mol. The number of aromatic nitrogens is 2. The fourth-order valence-electron chi connectivity index (χ4n) is 3.83. The van der Waals surface area contributed by atoms with Crippen molar-refractivity contribution >= 4 is 22.8 Å². The summed E-state index contributed by atoms with van der Waals surface area (Å²) >= 11 is 0. The predicted octanol–water partition coefficient (Wildman–Crippen LogP) is 3.85. The highest BCUT2D eigenvalue weighted by atomic mass is 19.4. The second-order valence-electron chi connectivity index (χ2n) is 8.04. The molecule has 7 nitrogen and oxygen atoms in total. The molecule has 176 valence electrons. The fourth-order valence-corrected chi connectivity index (χ4v) is 3.83. The van der Waals surface area contributed by atoms with Gasteiger partial charge in [-0.25, -0.2) is 4.79 Å². The smallest absolute Gasteiger partial charge is 0.475 e. The Kier molecular flexibility index (Phi) is 7.37. The zero-order valence-corrected chi connectivity index (χ0v) is 18.3. The molecule has 1 fully saturated rings. The van der Waals surface area contributed by atoms with Crippen molar-refractivity contribution < 1.29 is 27.9 Å². The van der Waals surface area contributed by atoms with Gasteiger partial charge in [0.25, 0.3) is 5.91 Å². The number of carbonyl (C=O) groups excluding carboxylic acids is 1. The molecule has 2 heterocycles. The first-order valence-electron chi connectivity index (χ1n) is 10.3. The number of carboxylic acids is 1. The van der Waals surface area contributed by atoms with Gasteiger partial charge < -0.3 is 10.0 Å². The zero-order valence-electron chi connectivity index (χ0n) is 18.3. The molecule has 4 rings (SSSR count). The molecule has 0 aliphatic carbocycles. The first-order chi connectivity index (χ1) is 15.6. The topological polar surface area (TPSA) is 89.5 Å². The van der Waals surface area contributed by atoms with Crippen molar-refractivity contribution in [3.63, 3.8) is 0 Å². The SMILES string of the molecule is Cc1cc(C(=O)N2CCC(N(C)Cc3ccccc3)C2)c2[nH]ncc2c1.O=C(O)C(F)(F)F. The molecule has 2 N–H and O–H groups in total. The van der Waals surface area contributed by atoms with E-state index in [1.54, 1.807) is 6.20 Å². The van der Waals surface area contributed by atoms with Gasteiger partial charge in [0.15, 0.2) is 0 Å². The molecule has 1 aromatic heterocycles. The van der Waals surface area contributed by atoms with Crippen molar-refractivity contribution in [2.45, 2.75) is 32.1 Å². The van der Waals surface area contributed by atoms with E-state index in [-0.39, 0.29) is 5.91 Å². The van der Waals surface area contributed by atoms with Crippen LogP contribution in [-0.4, -0.2) is 69.3 Å². The third kappa shape index (κ3) is 6.10. The van der Waals surface area contributed by atoms with Crippen molar-refractivity contribution in [1.29, 1.82) is 0 Å². The molecule has 2 aromatic carbocycles. The van der Waals surface area contributed by atoms with Crippen LogP contribution < -0.4 is 0 Å². The van der Waals surface area contributed by atoms with E-state index in [0.717, 1.165) is 48.1 Å². The normalized spacial score (nSPS) is 16.1. The number of nitrogens with zero attached hydrogens (tertiary/aromatic N) is 3. The van der Waals surface area contributed by atoms with E-state index >= 15 is 0 Å². The molecule has 1 saturated heterocycles. The summed E-state index contributed by atoms with van der Waals surface area (Å²) in [5.41, 5.74) is 3.95. The number of likely N-dealkylation sites (tertiary alicyclic amines) is 1. The molecule has 0 radical (unpaired) electrons. The Hall–Kier alpha value is -3.40. The summed E-state index contributed by atoms with van der Waals surface area (Å²) in [5.74, 6) is -2.66. The molecule has 1 amide bonds. The molecule has 1 aliphatic heterocycles. The highest BCUT2D eigenvalue weighted by Crippen LogP contribution is 2.24. The molecule has 1 unspecified atom stereocenters. The Morgan fingerprint density at radius 2 is 1.91 bits per heavy atom. The van der Waals surface area contributed by atoms with E-state index in [1.807, 2.05) is 24.0 Å². The number of rotatable bonds is 4. The number of carboxylic acid groups (broad SMARTS) is 1. The second-order valence-corrected chi connectivity index (χ2v) is 8.04. The van der Waals surface area contributed by atoms with Crippen LogP contribution >= 0.6 is 0 Å². The Bertz CT molecular complexity index is 1120. The summed E-state index contributed by atoms with van der Waals surface area (Å²) in [6, 6.07) is 14.9. The molecule has 1 aliphatic rings. The quantitative estimate of drug-likeness (QED) is 0.615. The number of likely N-dealkylation sites (N-methyl/N-ethyl adjacent to an activating group) is 1. The average Bonchev–Trinajstić information content (AvgIpc) is 3.43. The summed E-state index contributed by atoms with van der Waals surface area (Å²) in [5, 5.41) is 15.2. The Labute approximate surface area is 188 Å². The van der Waals surface area contributed by atoms with Gasteiger partial charge in [-0.2, -0.15) is 18.3 Å². The average molecular weight is 462 g/mol. The first kappa shape index (κ1) is 24.2. The van der Waals surface area contributed by atoms with Crippen molar-refractivity contribution in [3.05, 3.63) is 65.4 Å². The number of carbonyl (C=O) groups is 2. The molecule has 10 heteroatoms. The van der Waals surface area contributed by atoms with Crippen LogP contribution in [0.1, 0.15) is 27.9 Å². The molecule has 0 saturated carbocycles. The van der Waals surface area contributed by atoms with Crippen LogP contribution in [0.15, 0.2) is 48.7 Å². The first-order valence-corrected chi connectivity index (χ1v) is 10.3. The van der Waals surface area contributed by atoms with Crippen molar-refractivity contribution in [1.82, 2.24) is 20.0 Å². The number of benzene rings is 2. The highest BCUT2D eigenvalue weighted by molar-refractivity contribution is 6.05. The van der Waals surface area contributed by atoms with Crippen LogP contribution in [0, 0.1) is 6.92 Å². The molecular formula is C23H25F3N4O3. The van der Waals surface area contributed by atoms with E-state index in [0.29, 0.717) is 6.04 Å². The lowest BCUT2D eigenvalue weighted by Crippen LogP contribution is -2.36. The number of aromatic amines is 1. The third-order valence-corrected chi connectivity index (χ3v) is 5.51. The fraction of sp³-hybridized carbons (Fsp3) is 0.348. The minimum Gasteiger partial charge on any atom is -0.475 e. The number of aryl methyl sites for hydroxylation is 1. The van der Waals surface area contributed by atoms with E-state index in [9.17, 15) is 18.0 Å². The predicted molar refractivity (Wildman–Crippen MR) is 117 cm³/mol. The summed E-state index contributed by atoms with van der Waals surface area (Å²) in [6.45, 7) is 4.49. The van der Waals surface area contributed by atoms with Gasteiger partial charge in [-0.3, -0.25) is 14.8 Å². The maximum absolute atomic E-state index is 13.1. The molecule has 0 bridgehead atoms. The zero-order chi connectivity index (χ0) is 24.2. The molecular weight excluding hydrogens is 437 g/mol. The van der Waals surface area contributed by atoms with Crippen LogP contribution in [0.2, 0.25) is 0 Å². The lowest BCUT2D eigenvalue weighted by molar-refractivity contribution is -0.192. The molecule has 33 heavy (non-hydrogen) atoms. The van der Waals surface area contributed by atoms with Gasteiger partial charge in [0, 0.05) is 31.1 Å². The van der Waals surface area contributed by atoms with Crippen molar-refractivity contribution in [2.75, 3.05) is 20.1 Å². The molecule has 3 aromatic rings. The van der Waals surface area contributed by atoms with E-state index < -0.39 is 12.1 Å². The third-order valence-electron chi connectivity index (χ3n) is 5.51. The number of hydrogen-bond acceptors (Lipinski definition) is 4.